The summed E-state index contributed by atoms with van der Waals surface area (Å²) in [5.41, 5.74) is 4.45. The Balaban J connectivity index is 2.87. The van der Waals surface area contributed by atoms with Gasteiger partial charge in [-0.05, 0) is 25.1 Å². The zero-order valence-corrected chi connectivity index (χ0v) is 9.94. The average molecular weight is 269 g/mol. The Kier molecular flexibility index (Phi) is 4.41. The number of amides is 3. The second-order valence-corrected chi connectivity index (χ2v) is 3.72. The quantitative estimate of drug-likeness (QED) is 0.636. The number of carboxylic acid groups (broad SMARTS) is 1. The Labute approximate surface area is 107 Å². The van der Waals surface area contributed by atoms with Crippen LogP contribution in [0.1, 0.15) is 17.3 Å². The van der Waals surface area contributed by atoms with Crippen LogP contribution in [0.25, 0.3) is 0 Å². The van der Waals surface area contributed by atoms with Crippen molar-refractivity contribution in [3.8, 4) is 0 Å². The lowest BCUT2D eigenvalue weighted by atomic mass is 10.2. The van der Waals surface area contributed by atoms with Crippen molar-refractivity contribution in [2.24, 2.45) is 5.73 Å². The third-order valence-electron chi connectivity index (χ3n) is 2.23. The van der Waals surface area contributed by atoms with Crippen LogP contribution in [0.15, 0.2) is 18.2 Å². The van der Waals surface area contributed by atoms with Crippen molar-refractivity contribution < 1.29 is 23.9 Å². The minimum absolute atomic E-state index is 0.221. The molecule has 0 saturated heterocycles. The van der Waals surface area contributed by atoms with Crippen LogP contribution in [-0.4, -0.2) is 29.1 Å². The average Bonchev–Trinajstić information content (AvgIpc) is 2.27. The van der Waals surface area contributed by atoms with Crippen LogP contribution < -0.4 is 16.4 Å². The lowest BCUT2D eigenvalue weighted by molar-refractivity contribution is -0.119. The zero-order chi connectivity index (χ0) is 14.6. The molecule has 1 atom stereocenters. The highest BCUT2D eigenvalue weighted by atomic mass is 19.1. The van der Waals surface area contributed by atoms with Crippen molar-refractivity contribution in [3.63, 3.8) is 0 Å². The van der Waals surface area contributed by atoms with Gasteiger partial charge in [-0.15, -0.1) is 0 Å². The molecule has 5 N–H and O–H groups in total. The molecule has 1 aromatic rings. The van der Waals surface area contributed by atoms with Gasteiger partial charge < -0.3 is 21.5 Å². The molecular weight excluding hydrogens is 257 g/mol. The number of primary amides is 1. The van der Waals surface area contributed by atoms with E-state index in [2.05, 4.69) is 10.6 Å². The molecule has 0 aromatic heterocycles. The number of urea groups is 1. The fraction of sp³-hybridized carbons (Fsp3) is 0.182. The molecule has 0 aliphatic rings. The van der Waals surface area contributed by atoms with E-state index in [0.717, 1.165) is 18.2 Å². The van der Waals surface area contributed by atoms with Gasteiger partial charge in [-0.2, -0.15) is 0 Å². The maximum absolute atomic E-state index is 13.0. The van der Waals surface area contributed by atoms with E-state index >= 15 is 0 Å². The van der Waals surface area contributed by atoms with E-state index in [1.165, 1.54) is 6.92 Å². The lowest BCUT2D eigenvalue weighted by Crippen LogP contribution is -2.44. The largest absolute Gasteiger partial charge is 0.478 e. The van der Waals surface area contributed by atoms with Crippen molar-refractivity contribution >= 4 is 23.6 Å². The van der Waals surface area contributed by atoms with Gasteiger partial charge in [0.2, 0.25) is 5.91 Å². The molecule has 0 aliphatic carbocycles. The molecule has 19 heavy (non-hydrogen) atoms. The summed E-state index contributed by atoms with van der Waals surface area (Å²) in [4.78, 5) is 33.1. The highest BCUT2D eigenvalue weighted by Crippen LogP contribution is 2.17. The second kappa shape index (κ2) is 5.80. The predicted molar refractivity (Wildman–Crippen MR) is 64.2 cm³/mol. The smallest absolute Gasteiger partial charge is 0.337 e. The first-order chi connectivity index (χ1) is 8.81. The van der Waals surface area contributed by atoms with Gasteiger partial charge in [0.15, 0.2) is 0 Å². The Hall–Kier alpha value is -2.64. The number of anilines is 1. The van der Waals surface area contributed by atoms with Gasteiger partial charge in [-0.1, -0.05) is 0 Å². The molecular formula is C11H12FN3O4. The van der Waals surface area contributed by atoms with Crippen LogP contribution in [0, 0.1) is 5.82 Å². The number of rotatable bonds is 4. The molecule has 8 heteroatoms. The Bertz CT molecular complexity index is 533. The maximum atomic E-state index is 13.0. The van der Waals surface area contributed by atoms with Crippen molar-refractivity contribution in [2.75, 3.05) is 5.32 Å². The highest BCUT2D eigenvalue weighted by Gasteiger charge is 2.16. The maximum Gasteiger partial charge on any atom is 0.337 e. The summed E-state index contributed by atoms with van der Waals surface area (Å²) < 4.78 is 13.0. The van der Waals surface area contributed by atoms with Crippen LogP contribution in [0.5, 0.6) is 0 Å². The molecule has 0 bridgehead atoms. The molecule has 0 aliphatic heterocycles. The molecule has 0 saturated carbocycles. The third-order valence-corrected chi connectivity index (χ3v) is 2.23. The van der Waals surface area contributed by atoms with Crippen LogP contribution in [-0.2, 0) is 4.79 Å². The number of carbonyl (C=O) groups is 3. The molecule has 0 fully saturated rings. The monoisotopic (exact) mass is 269 g/mol. The number of halogens is 1. The summed E-state index contributed by atoms with van der Waals surface area (Å²) in [6, 6.07) is 1.03. The first kappa shape index (κ1) is 14.4. The van der Waals surface area contributed by atoms with Crippen LogP contribution in [0.2, 0.25) is 0 Å². The Morgan fingerprint density at radius 1 is 1.37 bits per heavy atom. The number of benzene rings is 1. The van der Waals surface area contributed by atoms with E-state index in [9.17, 15) is 18.8 Å². The zero-order valence-electron chi connectivity index (χ0n) is 9.94. The van der Waals surface area contributed by atoms with Gasteiger partial charge in [-0.25, -0.2) is 14.0 Å². The molecule has 0 heterocycles. The molecule has 1 aromatic carbocycles. The van der Waals surface area contributed by atoms with Gasteiger partial charge >= 0.3 is 12.0 Å². The molecule has 3 amide bonds. The summed E-state index contributed by atoms with van der Waals surface area (Å²) in [6.07, 6.45) is 0. The van der Waals surface area contributed by atoms with Crippen molar-refractivity contribution in [1.82, 2.24) is 5.32 Å². The van der Waals surface area contributed by atoms with Crippen molar-refractivity contribution in [3.05, 3.63) is 29.6 Å². The number of nitrogens with one attached hydrogen (secondary N) is 2. The number of carbonyl (C=O) groups excluding carboxylic acids is 2. The second-order valence-electron chi connectivity index (χ2n) is 3.72. The van der Waals surface area contributed by atoms with Gasteiger partial charge in [0.05, 0.1) is 11.3 Å². The van der Waals surface area contributed by atoms with Gasteiger partial charge in [0, 0.05) is 0 Å². The first-order valence-corrected chi connectivity index (χ1v) is 5.21. The number of aromatic carboxylic acids is 1. The highest BCUT2D eigenvalue weighted by molar-refractivity contribution is 6.00. The topological polar surface area (TPSA) is 122 Å². The SMILES string of the molecule is CC(NC(=O)Nc1cc(F)ccc1C(=O)O)C(N)=O. The van der Waals surface area contributed by atoms with Crippen LogP contribution in [0.4, 0.5) is 14.9 Å². The Morgan fingerprint density at radius 3 is 2.53 bits per heavy atom. The van der Waals surface area contributed by atoms with E-state index in [4.69, 9.17) is 10.8 Å². The summed E-state index contributed by atoms with van der Waals surface area (Å²) in [7, 11) is 0. The van der Waals surface area contributed by atoms with E-state index in [1.807, 2.05) is 0 Å². The number of hydrogen-bond donors (Lipinski definition) is 4. The fourth-order valence-electron chi connectivity index (χ4n) is 1.23. The van der Waals surface area contributed by atoms with E-state index in [1.54, 1.807) is 0 Å². The van der Waals surface area contributed by atoms with Gasteiger partial charge in [-0.3, -0.25) is 4.79 Å². The minimum atomic E-state index is -1.32. The number of nitrogens with two attached hydrogens (primary N) is 1. The van der Waals surface area contributed by atoms with E-state index < -0.39 is 29.8 Å². The number of carboxylic acids is 1. The molecule has 0 spiro atoms. The number of hydrogen-bond acceptors (Lipinski definition) is 3. The Morgan fingerprint density at radius 2 is 2.00 bits per heavy atom. The van der Waals surface area contributed by atoms with Gasteiger partial charge in [0.1, 0.15) is 11.9 Å². The summed E-state index contributed by atoms with van der Waals surface area (Å²) in [6.45, 7) is 1.35. The van der Waals surface area contributed by atoms with Crippen molar-refractivity contribution in [1.29, 1.82) is 0 Å². The minimum Gasteiger partial charge on any atom is -0.478 e. The fourth-order valence-corrected chi connectivity index (χ4v) is 1.23. The molecule has 0 radical (unpaired) electrons. The summed E-state index contributed by atoms with van der Waals surface area (Å²) >= 11 is 0. The molecule has 1 unspecified atom stereocenters. The van der Waals surface area contributed by atoms with Crippen molar-refractivity contribution in [2.45, 2.75) is 13.0 Å². The summed E-state index contributed by atoms with van der Waals surface area (Å²) in [5.74, 6) is -2.78. The normalized spacial score (nSPS) is 11.5. The standard InChI is InChI=1S/C11H12FN3O4/c1-5(9(13)16)14-11(19)15-8-4-6(12)2-3-7(8)10(17)18/h2-5H,1H3,(H2,13,16)(H,17,18)(H2,14,15,19). The lowest BCUT2D eigenvalue weighted by Gasteiger charge is -2.12. The van der Waals surface area contributed by atoms with Gasteiger partial charge in [0.25, 0.3) is 0 Å². The summed E-state index contributed by atoms with van der Waals surface area (Å²) in [5, 5.41) is 13.2. The van der Waals surface area contributed by atoms with E-state index in [-0.39, 0.29) is 11.3 Å². The van der Waals surface area contributed by atoms with Crippen LogP contribution in [0.3, 0.4) is 0 Å². The molecule has 102 valence electrons. The third kappa shape index (κ3) is 3.95. The van der Waals surface area contributed by atoms with E-state index in [0.29, 0.717) is 0 Å². The molecule has 7 nitrogen and oxygen atoms in total. The van der Waals surface area contributed by atoms with Crippen LogP contribution >= 0.6 is 0 Å². The molecule has 1 rings (SSSR count). The first-order valence-electron chi connectivity index (χ1n) is 5.21. The predicted octanol–water partition coefficient (Wildman–Crippen LogP) is 0.519.